The fourth-order valence-corrected chi connectivity index (χ4v) is 5.47. The summed E-state index contributed by atoms with van der Waals surface area (Å²) in [5, 5.41) is 14.6. The second kappa shape index (κ2) is 12.3. The lowest BCUT2D eigenvalue weighted by Gasteiger charge is -2.44. The van der Waals surface area contributed by atoms with Crippen molar-refractivity contribution in [1.82, 2.24) is 20.2 Å². The standard InChI is InChI=1S/C20H23F5N4O2S.C6H9F2NO/c1-10-14(32-17(28-10)16(30)27-9-18(2,3)31)12-8-26-13(7-11(12)15(21)22)29-19(5-4-6-19)20(23,24)25;1-5-2-6(7,8)3-9(5)4-10/h7-8,15,31H,4-6,9H2,1-3H3,(H,26,29)(H,27,30);4-5H,2-3H2,1H3. The summed E-state index contributed by atoms with van der Waals surface area (Å²) >= 11 is 0.863. The first-order valence-electron chi connectivity index (χ1n) is 13.0. The number of hydrogen-bond donors (Lipinski definition) is 3. The number of aromatic nitrogens is 2. The monoisotopic (exact) mass is 627 g/mol. The molecule has 1 aliphatic carbocycles. The van der Waals surface area contributed by atoms with Crippen molar-refractivity contribution in [3.8, 4) is 10.4 Å². The Kier molecular flexibility index (Phi) is 9.81. The maximum absolute atomic E-state index is 13.8. The number of alkyl halides is 7. The van der Waals surface area contributed by atoms with Crippen LogP contribution in [0.25, 0.3) is 10.4 Å². The predicted octanol–water partition coefficient (Wildman–Crippen LogP) is 5.72. The molecule has 0 spiro atoms. The van der Waals surface area contributed by atoms with Crippen molar-refractivity contribution in [2.75, 3.05) is 18.4 Å². The molecule has 1 unspecified atom stereocenters. The highest BCUT2D eigenvalue weighted by Gasteiger charge is 2.58. The van der Waals surface area contributed by atoms with Gasteiger partial charge in [0.05, 0.1) is 22.7 Å². The molecule has 4 rings (SSSR count). The number of amides is 2. The van der Waals surface area contributed by atoms with Crippen molar-refractivity contribution in [2.24, 2.45) is 0 Å². The zero-order valence-electron chi connectivity index (χ0n) is 23.3. The normalized spacial score (nSPS) is 19.5. The summed E-state index contributed by atoms with van der Waals surface area (Å²) in [6, 6.07) is 0.603. The minimum Gasteiger partial charge on any atom is -0.389 e. The number of aryl methyl sites for hydroxylation is 1. The number of rotatable bonds is 8. The van der Waals surface area contributed by atoms with Crippen molar-refractivity contribution < 1.29 is 45.4 Å². The molecule has 1 saturated heterocycles. The summed E-state index contributed by atoms with van der Waals surface area (Å²) in [4.78, 5) is 31.8. The fraction of sp³-hybridized carbons (Fsp3) is 0.615. The van der Waals surface area contributed by atoms with Crippen molar-refractivity contribution in [3.63, 3.8) is 0 Å². The van der Waals surface area contributed by atoms with Gasteiger partial charge in [-0.25, -0.2) is 27.5 Å². The van der Waals surface area contributed by atoms with Crippen molar-refractivity contribution >= 4 is 29.5 Å². The van der Waals surface area contributed by atoms with Crippen molar-refractivity contribution in [3.05, 3.63) is 28.5 Å². The second-order valence-corrected chi connectivity index (χ2v) is 12.1. The Morgan fingerprint density at radius 3 is 2.36 bits per heavy atom. The smallest absolute Gasteiger partial charge is 0.389 e. The van der Waals surface area contributed by atoms with E-state index in [0.717, 1.165) is 28.5 Å². The number of pyridine rings is 1. The van der Waals surface area contributed by atoms with Crippen LogP contribution in [-0.2, 0) is 4.79 Å². The third-order valence-electron chi connectivity index (χ3n) is 6.91. The molecule has 1 atom stereocenters. The number of hydrogen-bond acceptors (Lipinski definition) is 7. The van der Waals surface area contributed by atoms with E-state index in [0.29, 0.717) is 18.5 Å². The number of likely N-dealkylation sites (tertiary alicyclic amines) is 1. The molecule has 0 radical (unpaired) electrons. The van der Waals surface area contributed by atoms with E-state index < -0.39 is 47.7 Å². The molecular formula is C26H32F7N5O3S. The SMILES string of the molecule is CC1CC(F)(F)CN1C=O.Cc1nc(C(=O)NCC(C)(C)O)sc1-c1cnc(NC2(C(F)(F)F)CCC2)cc1C(F)F. The Morgan fingerprint density at radius 1 is 1.29 bits per heavy atom. The first-order valence-corrected chi connectivity index (χ1v) is 13.8. The molecule has 2 amide bonds. The highest BCUT2D eigenvalue weighted by molar-refractivity contribution is 7.17. The summed E-state index contributed by atoms with van der Waals surface area (Å²) in [5.41, 5.74) is -3.51. The van der Waals surface area contributed by atoms with E-state index in [1.807, 2.05) is 0 Å². The molecule has 234 valence electrons. The lowest BCUT2D eigenvalue weighted by molar-refractivity contribution is -0.198. The van der Waals surface area contributed by atoms with Crippen LogP contribution in [0.15, 0.2) is 12.3 Å². The van der Waals surface area contributed by atoms with E-state index in [-0.39, 0.29) is 53.1 Å². The third-order valence-corrected chi connectivity index (χ3v) is 8.10. The highest BCUT2D eigenvalue weighted by Crippen LogP contribution is 2.47. The largest absolute Gasteiger partial charge is 0.411 e. The van der Waals surface area contributed by atoms with Crippen molar-refractivity contribution in [1.29, 1.82) is 0 Å². The minimum atomic E-state index is -4.53. The van der Waals surface area contributed by atoms with Crippen LogP contribution in [0.5, 0.6) is 0 Å². The number of nitrogens with zero attached hydrogens (tertiary/aromatic N) is 3. The lowest BCUT2D eigenvalue weighted by Crippen LogP contribution is -2.57. The Balaban J connectivity index is 0.000000408. The maximum atomic E-state index is 13.8. The van der Waals surface area contributed by atoms with Gasteiger partial charge in [0.2, 0.25) is 6.41 Å². The molecular weight excluding hydrogens is 595 g/mol. The first kappa shape index (κ1) is 33.5. The van der Waals surface area contributed by atoms with Crippen LogP contribution in [0.4, 0.5) is 36.6 Å². The average Bonchev–Trinajstić information content (AvgIpc) is 3.36. The minimum absolute atomic E-state index is 0.00300. The number of halogens is 7. The van der Waals surface area contributed by atoms with Crippen LogP contribution in [0.2, 0.25) is 0 Å². The third kappa shape index (κ3) is 7.88. The second-order valence-electron chi connectivity index (χ2n) is 11.1. The van der Waals surface area contributed by atoms with Gasteiger partial charge in [-0.1, -0.05) is 0 Å². The van der Waals surface area contributed by atoms with Gasteiger partial charge in [0.15, 0.2) is 5.01 Å². The molecule has 16 heteroatoms. The lowest BCUT2D eigenvalue weighted by atomic mass is 9.76. The van der Waals surface area contributed by atoms with Crippen LogP contribution in [0.1, 0.15) is 73.9 Å². The quantitative estimate of drug-likeness (QED) is 0.255. The fourth-order valence-electron chi connectivity index (χ4n) is 4.46. The summed E-state index contributed by atoms with van der Waals surface area (Å²) in [5.74, 6) is -3.53. The van der Waals surface area contributed by atoms with Gasteiger partial charge in [-0.15, -0.1) is 11.3 Å². The van der Waals surface area contributed by atoms with E-state index in [2.05, 4.69) is 20.6 Å². The van der Waals surface area contributed by atoms with E-state index in [1.54, 1.807) is 6.92 Å². The number of anilines is 1. The van der Waals surface area contributed by atoms with E-state index in [1.165, 1.54) is 20.8 Å². The summed E-state index contributed by atoms with van der Waals surface area (Å²) in [7, 11) is 0. The Bertz CT molecular complexity index is 1280. The van der Waals surface area contributed by atoms with Gasteiger partial charge in [0.25, 0.3) is 18.3 Å². The molecule has 2 aliphatic rings. The van der Waals surface area contributed by atoms with Crippen LogP contribution in [0.3, 0.4) is 0 Å². The molecule has 1 aliphatic heterocycles. The topological polar surface area (TPSA) is 107 Å². The highest BCUT2D eigenvalue weighted by atomic mass is 32.1. The molecule has 0 aromatic carbocycles. The van der Waals surface area contributed by atoms with Gasteiger partial charge in [-0.05, 0) is 53.0 Å². The van der Waals surface area contributed by atoms with Gasteiger partial charge < -0.3 is 20.6 Å². The van der Waals surface area contributed by atoms with E-state index in [4.69, 9.17) is 0 Å². The number of nitrogens with one attached hydrogen (secondary N) is 2. The van der Waals surface area contributed by atoms with Gasteiger partial charge in [-0.2, -0.15) is 13.2 Å². The first-order chi connectivity index (χ1) is 19.3. The molecule has 3 heterocycles. The molecule has 2 aromatic rings. The number of carbonyl (C=O) groups excluding carboxylic acids is 2. The molecule has 2 aromatic heterocycles. The Morgan fingerprint density at radius 2 is 1.93 bits per heavy atom. The zero-order valence-corrected chi connectivity index (χ0v) is 24.1. The number of thiazole rings is 1. The summed E-state index contributed by atoms with van der Waals surface area (Å²) < 4.78 is 92.7. The van der Waals surface area contributed by atoms with Gasteiger partial charge >= 0.3 is 6.18 Å². The molecule has 0 bridgehead atoms. The molecule has 1 saturated carbocycles. The number of carbonyl (C=O) groups is 2. The average molecular weight is 628 g/mol. The molecule has 2 fully saturated rings. The summed E-state index contributed by atoms with van der Waals surface area (Å²) in [6.07, 6.45) is -6.09. The van der Waals surface area contributed by atoms with Gasteiger partial charge in [0, 0.05) is 36.3 Å². The predicted molar refractivity (Wildman–Crippen MR) is 142 cm³/mol. The van der Waals surface area contributed by atoms with Crippen LogP contribution in [0, 0.1) is 6.92 Å². The van der Waals surface area contributed by atoms with E-state index >= 15 is 0 Å². The molecule has 42 heavy (non-hydrogen) atoms. The van der Waals surface area contributed by atoms with Gasteiger partial charge in [-0.3, -0.25) is 9.59 Å². The van der Waals surface area contributed by atoms with Crippen LogP contribution >= 0.6 is 11.3 Å². The summed E-state index contributed by atoms with van der Waals surface area (Å²) in [6.45, 7) is 5.72. The van der Waals surface area contributed by atoms with Crippen LogP contribution < -0.4 is 10.6 Å². The van der Waals surface area contributed by atoms with Gasteiger partial charge in [0.1, 0.15) is 11.4 Å². The zero-order chi connectivity index (χ0) is 31.7. The van der Waals surface area contributed by atoms with Crippen LogP contribution in [-0.4, -0.2) is 74.7 Å². The maximum Gasteiger partial charge on any atom is 0.411 e. The Labute approximate surface area is 241 Å². The number of aliphatic hydroxyl groups is 1. The molecule has 3 N–H and O–H groups in total. The van der Waals surface area contributed by atoms with Crippen molar-refractivity contribution in [2.45, 2.75) is 89.1 Å². The van der Waals surface area contributed by atoms with E-state index in [9.17, 15) is 45.4 Å². The molecule has 8 nitrogen and oxygen atoms in total. The Hall–Kier alpha value is -3.01.